The van der Waals surface area contributed by atoms with Crippen molar-refractivity contribution >= 4 is 15.9 Å². The molecule has 0 saturated carbocycles. The molecule has 2 rings (SSSR count). The van der Waals surface area contributed by atoms with E-state index in [1.165, 1.54) is 19.1 Å². The highest BCUT2D eigenvalue weighted by Gasteiger charge is 2.21. The van der Waals surface area contributed by atoms with Gasteiger partial charge in [-0.2, -0.15) is 4.72 Å². The largest absolute Gasteiger partial charge is 0.351 e. The molecule has 1 aromatic heterocycles. The Morgan fingerprint density at radius 1 is 1.14 bits per heavy atom. The maximum absolute atomic E-state index is 12.1. The molecule has 0 fully saturated rings. The molecule has 1 aromatic carbocycles. The van der Waals surface area contributed by atoms with Gasteiger partial charge in [-0.3, -0.25) is 9.78 Å². The zero-order chi connectivity index (χ0) is 16.0. The monoisotopic (exact) mass is 319 g/mol. The summed E-state index contributed by atoms with van der Waals surface area (Å²) in [5, 5.41) is 2.68. The minimum Gasteiger partial charge on any atom is -0.351 e. The Hall–Kier alpha value is -2.25. The first-order chi connectivity index (χ1) is 10.5. The van der Waals surface area contributed by atoms with Crippen molar-refractivity contribution in [2.75, 3.05) is 0 Å². The van der Waals surface area contributed by atoms with E-state index in [9.17, 15) is 13.2 Å². The molecule has 0 spiro atoms. The summed E-state index contributed by atoms with van der Waals surface area (Å²) >= 11 is 0. The van der Waals surface area contributed by atoms with Crippen molar-refractivity contribution < 1.29 is 13.2 Å². The first-order valence-electron chi connectivity index (χ1n) is 6.73. The number of pyridine rings is 1. The lowest BCUT2D eigenvalue weighted by atomic mass is 10.2. The van der Waals surface area contributed by atoms with Gasteiger partial charge in [-0.05, 0) is 36.8 Å². The molecule has 2 aromatic rings. The van der Waals surface area contributed by atoms with E-state index in [0.717, 1.165) is 5.56 Å². The van der Waals surface area contributed by atoms with Crippen LogP contribution < -0.4 is 10.0 Å². The normalized spacial score (nSPS) is 12.6. The lowest BCUT2D eigenvalue weighted by molar-refractivity contribution is -0.122. The van der Waals surface area contributed by atoms with E-state index in [0.29, 0.717) is 6.54 Å². The van der Waals surface area contributed by atoms with E-state index < -0.39 is 22.0 Å². The van der Waals surface area contributed by atoms with Crippen molar-refractivity contribution in [1.82, 2.24) is 15.0 Å². The van der Waals surface area contributed by atoms with Crippen molar-refractivity contribution in [2.24, 2.45) is 0 Å². The number of benzene rings is 1. The van der Waals surface area contributed by atoms with Crippen LogP contribution in [0.1, 0.15) is 12.5 Å². The average molecular weight is 319 g/mol. The van der Waals surface area contributed by atoms with Gasteiger partial charge in [0, 0.05) is 18.9 Å². The minimum atomic E-state index is -3.71. The Kier molecular flexibility index (Phi) is 5.24. The highest BCUT2D eigenvalue weighted by molar-refractivity contribution is 7.89. The van der Waals surface area contributed by atoms with Gasteiger partial charge in [0.05, 0.1) is 10.9 Å². The topological polar surface area (TPSA) is 88.2 Å². The van der Waals surface area contributed by atoms with Gasteiger partial charge in [-0.25, -0.2) is 8.42 Å². The van der Waals surface area contributed by atoms with Crippen LogP contribution in [0.3, 0.4) is 0 Å². The van der Waals surface area contributed by atoms with Gasteiger partial charge in [0.15, 0.2) is 0 Å². The van der Waals surface area contributed by atoms with Crippen molar-refractivity contribution in [3.8, 4) is 0 Å². The second-order valence-electron chi connectivity index (χ2n) is 4.73. The van der Waals surface area contributed by atoms with E-state index in [1.54, 1.807) is 42.7 Å². The van der Waals surface area contributed by atoms with Crippen molar-refractivity contribution in [3.05, 3.63) is 60.4 Å². The lowest BCUT2D eigenvalue weighted by Crippen LogP contribution is -2.44. The summed E-state index contributed by atoms with van der Waals surface area (Å²) in [7, 11) is -3.71. The van der Waals surface area contributed by atoms with Gasteiger partial charge in [0.25, 0.3) is 0 Å². The van der Waals surface area contributed by atoms with Crippen LogP contribution in [0.25, 0.3) is 0 Å². The molecule has 0 bridgehead atoms. The van der Waals surface area contributed by atoms with Gasteiger partial charge >= 0.3 is 0 Å². The lowest BCUT2D eigenvalue weighted by Gasteiger charge is -2.14. The van der Waals surface area contributed by atoms with Crippen LogP contribution in [0.4, 0.5) is 0 Å². The molecule has 1 atom stereocenters. The van der Waals surface area contributed by atoms with Crippen molar-refractivity contribution in [1.29, 1.82) is 0 Å². The van der Waals surface area contributed by atoms with Crippen LogP contribution >= 0.6 is 0 Å². The highest BCUT2D eigenvalue weighted by atomic mass is 32.2. The van der Waals surface area contributed by atoms with Gasteiger partial charge < -0.3 is 5.32 Å². The first-order valence-corrected chi connectivity index (χ1v) is 8.21. The number of amides is 1. The molecule has 0 aliphatic carbocycles. The molecule has 0 saturated heterocycles. The Morgan fingerprint density at radius 3 is 2.41 bits per heavy atom. The fourth-order valence-corrected chi connectivity index (χ4v) is 3.02. The Bertz CT molecular complexity index is 718. The summed E-state index contributed by atoms with van der Waals surface area (Å²) in [5.41, 5.74) is 0.890. The average Bonchev–Trinajstić information content (AvgIpc) is 2.54. The van der Waals surface area contributed by atoms with Gasteiger partial charge in [-0.15, -0.1) is 0 Å². The molecule has 0 aliphatic rings. The standard InChI is InChI=1S/C15H17N3O3S/c1-12(15(19)17-11-13-7-9-16-10-8-13)18-22(20,21)14-5-3-2-4-6-14/h2-10,12,18H,11H2,1H3,(H,17,19)/t12-/m1/s1. The molecule has 22 heavy (non-hydrogen) atoms. The fraction of sp³-hybridized carbons (Fsp3) is 0.200. The van der Waals surface area contributed by atoms with Crippen LogP contribution in [-0.4, -0.2) is 25.4 Å². The minimum absolute atomic E-state index is 0.129. The molecular formula is C15H17N3O3S. The number of hydrogen-bond donors (Lipinski definition) is 2. The number of hydrogen-bond acceptors (Lipinski definition) is 4. The smallest absolute Gasteiger partial charge is 0.241 e. The second-order valence-corrected chi connectivity index (χ2v) is 6.44. The summed E-state index contributed by atoms with van der Waals surface area (Å²) in [6.45, 7) is 1.82. The number of nitrogens with one attached hydrogen (secondary N) is 2. The summed E-state index contributed by atoms with van der Waals surface area (Å²) in [5.74, 6) is -0.392. The van der Waals surface area contributed by atoms with Crippen LogP contribution in [0.15, 0.2) is 59.8 Å². The van der Waals surface area contributed by atoms with E-state index in [2.05, 4.69) is 15.0 Å². The summed E-state index contributed by atoms with van der Waals surface area (Å²) in [6.07, 6.45) is 3.26. The second kappa shape index (κ2) is 7.15. The number of carbonyl (C=O) groups excluding carboxylic acids is 1. The Labute approximate surface area is 129 Å². The molecule has 116 valence electrons. The Morgan fingerprint density at radius 2 is 1.77 bits per heavy atom. The zero-order valence-electron chi connectivity index (χ0n) is 12.1. The summed E-state index contributed by atoms with van der Waals surface area (Å²) in [6, 6.07) is 10.6. The van der Waals surface area contributed by atoms with E-state index in [-0.39, 0.29) is 4.90 Å². The van der Waals surface area contributed by atoms with Crippen LogP contribution in [0.2, 0.25) is 0 Å². The zero-order valence-corrected chi connectivity index (χ0v) is 12.9. The predicted molar refractivity (Wildman–Crippen MR) is 82.3 cm³/mol. The maximum atomic E-state index is 12.1. The molecule has 1 amide bonds. The highest BCUT2D eigenvalue weighted by Crippen LogP contribution is 2.08. The molecule has 6 nitrogen and oxygen atoms in total. The summed E-state index contributed by atoms with van der Waals surface area (Å²) < 4.78 is 26.6. The van der Waals surface area contributed by atoms with Crippen LogP contribution in [-0.2, 0) is 21.4 Å². The first kappa shape index (κ1) is 16.1. The van der Waals surface area contributed by atoms with E-state index in [4.69, 9.17) is 0 Å². The number of sulfonamides is 1. The third kappa shape index (κ3) is 4.37. The third-order valence-electron chi connectivity index (χ3n) is 2.99. The molecule has 0 radical (unpaired) electrons. The van der Waals surface area contributed by atoms with E-state index >= 15 is 0 Å². The number of rotatable bonds is 6. The summed E-state index contributed by atoms with van der Waals surface area (Å²) in [4.78, 5) is 16.0. The van der Waals surface area contributed by atoms with Gasteiger partial charge in [-0.1, -0.05) is 18.2 Å². The predicted octanol–water partition coefficient (Wildman–Crippen LogP) is 1.06. The SMILES string of the molecule is C[C@@H](NS(=O)(=O)c1ccccc1)C(=O)NCc1ccncc1. The number of aromatic nitrogens is 1. The van der Waals surface area contributed by atoms with E-state index in [1.807, 2.05) is 0 Å². The molecule has 7 heteroatoms. The van der Waals surface area contributed by atoms with Crippen LogP contribution in [0, 0.1) is 0 Å². The van der Waals surface area contributed by atoms with Crippen molar-refractivity contribution in [2.45, 2.75) is 24.4 Å². The van der Waals surface area contributed by atoms with Gasteiger partial charge in [0.2, 0.25) is 15.9 Å². The molecule has 2 N–H and O–H groups in total. The van der Waals surface area contributed by atoms with Crippen molar-refractivity contribution in [3.63, 3.8) is 0 Å². The van der Waals surface area contributed by atoms with Crippen LogP contribution in [0.5, 0.6) is 0 Å². The maximum Gasteiger partial charge on any atom is 0.241 e. The molecule has 0 aliphatic heterocycles. The quantitative estimate of drug-likeness (QED) is 0.833. The molecule has 1 heterocycles. The number of carbonyl (C=O) groups is 1. The number of nitrogens with zero attached hydrogens (tertiary/aromatic N) is 1. The third-order valence-corrected chi connectivity index (χ3v) is 4.55. The molecule has 0 unspecified atom stereocenters. The molecular weight excluding hydrogens is 302 g/mol. The van der Waals surface area contributed by atoms with Gasteiger partial charge in [0.1, 0.15) is 0 Å². The fourth-order valence-electron chi connectivity index (χ4n) is 1.80. The Balaban J connectivity index is 1.94.